The van der Waals surface area contributed by atoms with Crippen molar-refractivity contribution in [2.75, 3.05) is 11.5 Å². The van der Waals surface area contributed by atoms with Gasteiger partial charge in [0.25, 0.3) is 11.8 Å². The number of thiazole rings is 1. The Hall–Kier alpha value is -2.96. The molecule has 1 saturated heterocycles. The van der Waals surface area contributed by atoms with Crippen LogP contribution in [0.1, 0.15) is 19.5 Å². The van der Waals surface area contributed by atoms with E-state index in [0.29, 0.717) is 11.8 Å². The minimum atomic E-state index is -4.98. The second kappa shape index (κ2) is 9.27. The summed E-state index contributed by atoms with van der Waals surface area (Å²) in [4.78, 5) is 56.1. The first-order chi connectivity index (χ1) is 14.6. The first-order valence-electron chi connectivity index (χ1n) is 8.37. The average molecular weight is 511 g/mol. The summed E-state index contributed by atoms with van der Waals surface area (Å²) >= 11 is 1.52. The molecule has 2 atom stereocenters. The van der Waals surface area contributed by atoms with Gasteiger partial charge in [-0.05, 0) is 13.8 Å². The van der Waals surface area contributed by atoms with Crippen LogP contribution in [0.4, 0.5) is 5.13 Å². The number of nitrogen functional groups attached to an aromatic ring is 1. The van der Waals surface area contributed by atoms with E-state index in [0.717, 1.165) is 11.3 Å². The van der Waals surface area contributed by atoms with Gasteiger partial charge in [0, 0.05) is 5.38 Å². The normalized spacial score (nSPS) is 19.3. The molecule has 2 heterocycles. The van der Waals surface area contributed by atoms with Crippen molar-refractivity contribution < 1.29 is 42.1 Å². The first kappa shape index (κ1) is 25.3. The standard InChI is InChI=1S/C14H18N6O9S3/c1-14(2,12(24)25)29-19-7(5-3-31-13(16)17-5)9(22)18-8-10(23)20(32(26,27)28)11(8)30-4-6(15)21/h3,8,11H,4H2,1-2H3,(H2,15,21)(H2,16,17)(H,18,22)(H,24,25)(H,26,27,28). The molecule has 0 saturated carbocycles. The molecule has 1 aromatic heterocycles. The molecule has 2 rings (SSSR count). The minimum absolute atomic E-state index is 0.0464. The number of β-lactam (4-membered cyclic amide) rings is 1. The van der Waals surface area contributed by atoms with Crippen LogP contribution in [0.25, 0.3) is 0 Å². The second-order valence-electron chi connectivity index (χ2n) is 6.65. The molecular formula is C14H18N6O9S3. The number of aromatic nitrogens is 1. The van der Waals surface area contributed by atoms with Crippen molar-refractivity contribution in [3.63, 3.8) is 0 Å². The lowest BCUT2D eigenvalue weighted by Crippen LogP contribution is -2.71. The van der Waals surface area contributed by atoms with Gasteiger partial charge < -0.3 is 26.7 Å². The van der Waals surface area contributed by atoms with Crippen molar-refractivity contribution in [2.45, 2.75) is 30.9 Å². The Morgan fingerprint density at radius 2 is 2.06 bits per heavy atom. The number of carboxylic acid groups (broad SMARTS) is 1. The summed E-state index contributed by atoms with van der Waals surface area (Å²) in [6.45, 7) is 2.33. The largest absolute Gasteiger partial charge is 0.478 e. The molecule has 0 aliphatic carbocycles. The maximum atomic E-state index is 12.8. The number of hydrogen-bond donors (Lipinski definition) is 5. The van der Waals surface area contributed by atoms with E-state index in [1.165, 1.54) is 19.2 Å². The summed E-state index contributed by atoms with van der Waals surface area (Å²) in [5.74, 6) is -4.92. The van der Waals surface area contributed by atoms with Crippen LogP contribution in [-0.2, 0) is 34.3 Å². The summed E-state index contributed by atoms with van der Waals surface area (Å²) in [5, 5.41) is 14.9. The highest BCUT2D eigenvalue weighted by Crippen LogP contribution is 2.32. The third-order valence-electron chi connectivity index (χ3n) is 3.79. The number of carboxylic acids is 1. The number of anilines is 1. The quantitative estimate of drug-likeness (QED) is 0.0991. The maximum absolute atomic E-state index is 12.8. The van der Waals surface area contributed by atoms with Gasteiger partial charge in [0.15, 0.2) is 10.8 Å². The molecule has 2 unspecified atom stereocenters. The van der Waals surface area contributed by atoms with Crippen LogP contribution in [0.2, 0.25) is 0 Å². The fourth-order valence-electron chi connectivity index (χ4n) is 2.16. The monoisotopic (exact) mass is 510 g/mol. The molecule has 1 aliphatic heterocycles. The molecule has 1 fully saturated rings. The number of rotatable bonds is 10. The molecule has 0 aromatic carbocycles. The number of hydrogen-bond acceptors (Lipinski definition) is 12. The number of carbonyl (C=O) groups is 4. The van der Waals surface area contributed by atoms with Gasteiger partial charge in [0.2, 0.25) is 11.5 Å². The van der Waals surface area contributed by atoms with Crippen molar-refractivity contribution in [1.29, 1.82) is 0 Å². The molecular weight excluding hydrogens is 492 g/mol. The van der Waals surface area contributed by atoms with Crippen LogP contribution in [0.15, 0.2) is 10.5 Å². The number of nitrogens with zero attached hydrogens (tertiary/aromatic N) is 3. The molecule has 1 aromatic rings. The third kappa shape index (κ3) is 5.64. The Kier molecular flexibility index (Phi) is 7.33. The summed E-state index contributed by atoms with van der Waals surface area (Å²) < 4.78 is 32.2. The van der Waals surface area contributed by atoms with Crippen LogP contribution >= 0.6 is 23.1 Å². The van der Waals surface area contributed by atoms with Crippen molar-refractivity contribution in [2.24, 2.45) is 10.9 Å². The Morgan fingerprint density at radius 1 is 1.44 bits per heavy atom. The molecule has 7 N–H and O–H groups in total. The van der Waals surface area contributed by atoms with Gasteiger partial charge in [-0.3, -0.25) is 18.9 Å². The lowest BCUT2D eigenvalue weighted by atomic mass is 10.1. The fourth-order valence-corrected chi connectivity index (χ4v) is 4.89. The van der Waals surface area contributed by atoms with Gasteiger partial charge in [0.1, 0.15) is 17.1 Å². The zero-order valence-electron chi connectivity index (χ0n) is 16.4. The minimum Gasteiger partial charge on any atom is -0.478 e. The topological polar surface area (TPSA) is 245 Å². The molecule has 1 aliphatic rings. The molecule has 18 heteroatoms. The van der Waals surface area contributed by atoms with Crippen molar-refractivity contribution >= 4 is 67.9 Å². The molecule has 176 valence electrons. The van der Waals surface area contributed by atoms with E-state index >= 15 is 0 Å². The molecule has 0 spiro atoms. The lowest BCUT2D eigenvalue weighted by Gasteiger charge is -2.43. The van der Waals surface area contributed by atoms with Crippen LogP contribution in [-0.4, -0.2) is 79.5 Å². The highest BCUT2D eigenvalue weighted by atomic mass is 32.2. The molecule has 0 radical (unpaired) electrons. The Morgan fingerprint density at radius 3 is 2.53 bits per heavy atom. The predicted octanol–water partition coefficient (Wildman–Crippen LogP) is -2.02. The molecule has 0 bridgehead atoms. The van der Waals surface area contributed by atoms with Gasteiger partial charge >= 0.3 is 16.3 Å². The maximum Gasteiger partial charge on any atom is 0.363 e. The smallest absolute Gasteiger partial charge is 0.363 e. The van der Waals surface area contributed by atoms with Crippen molar-refractivity contribution in [3.05, 3.63) is 11.1 Å². The fraction of sp³-hybridized carbons (Fsp3) is 0.429. The average Bonchev–Trinajstić information content (AvgIpc) is 3.07. The van der Waals surface area contributed by atoms with Crippen LogP contribution in [0.3, 0.4) is 0 Å². The summed E-state index contributed by atoms with van der Waals surface area (Å²) in [6, 6.07) is -1.50. The predicted molar refractivity (Wildman–Crippen MR) is 112 cm³/mol. The Bertz CT molecular complexity index is 1080. The molecule has 32 heavy (non-hydrogen) atoms. The van der Waals surface area contributed by atoms with E-state index in [1.807, 2.05) is 0 Å². The summed E-state index contributed by atoms with van der Waals surface area (Å²) in [5.41, 5.74) is 8.08. The van der Waals surface area contributed by atoms with Crippen LogP contribution in [0.5, 0.6) is 0 Å². The number of primary amides is 1. The SMILES string of the molecule is CC(C)(ON=C(C(=O)NC1C(=O)N(S(=O)(=O)O)C1SCC(N)=O)c1csc(N)n1)C(=O)O. The highest BCUT2D eigenvalue weighted by Gasteiger charge is 2.54. The number of nitrogens with one attached hydrogen (secondary N) is 1. The summed E-state index contributed by atoms with van der Waals surface area (Å²) in [6.07, 6.45) is 0. The number of carbonyl (C=O) groups excluding carboxylic acids is 3. The number of thioether (sulfide) groups is 1. The van der Waals surface area contributed by atoms with Gasteiger partial charge in [-0.2, -0.15) is 12.7 Å². The first-order valence-corrected chi connectivity index (χ1v) is 11.7. The molecule has 3 amide bonds. The number of aliphatic carboxylic acids is 1. The highest BCUT2D eigenvalue weighted by molar-refractivity contribution is 8.01. The lowest BCUT2D eigenvalue weighted by molar-refractivity contribution is -0.161. The van der Waals surface area contributed by atoms with Gasteiger partial charge in [-0.15, -0.1) is 23.1 Å². The van der Waals surface area contributed by atoms with E-state index in [1.54, 1.807) is 0 Å². The van der Waals surface area contributed by atoms with E-state index in [9.17, 15) is 32.1 Å². The van der Waals surface area contributed by atoms with Gasteiger partial charge in [-0.25, -0.2) is 9.78 Å². The number of amides is 3. The number of oxime groups is 1. The Balaban J connectivity index is 2.32. The van der Waals surface area contributed by atoms with E-state index in [-0.39, 0.29) is 15.1 Å². The molecule has 15 nitrogen and oxygen atoms in total. The van der Waals surface area contributed by atoms with Crippen LogP contribution in [0, 0.1) is 0 Å². The van der Waals surface area contributed by atoms with Crippen LogP contribution < -0.4 is 16.8 Å². The van der Waals surface area contributed by atoms with Crippen molar-refractivity contribution in [3.8, 4) is 0 Å². The third-order valence-corrected chi connectivity index (χ3v) is 6.78. The van der Waals surface area contributed by atoms with E-state index in [4.69, 9.17) is 21.4 Å². The van der Waals surface area contributed by atoms with E-state index in [2.05, 4.69) is 15.5 Å². The van der Waals surface area contributed by atoms with Gasteiger partial charge in [0.05, 0.1) is 5.75 Å². The second-order valence-corrected chi connectivity index (χ2v) is 9.93. The Labute approximate surface area is 189 Å². The van der Waals surface area contributed by atoms with Crippen molar-refractivity contribution in [1.82, 2.24) is 14.6 Å². The zero-order chi connectivity index (χ0) is 24.4. The van der Waals surface area contributed by atoms with E-state index < -0.39 is 62.5 Å². The summed E-state index contributed by atoms with van der Waals surface area (Å²) in [7, 11) is -4.98. The number of nitrogens with two attached hydrogens (primary N) is 2. The zero-order valence-corrected chi connectivity index (χ0v) is 18.9. The van der Waals surface area contributed by atoms with Gasteiger partial charge in [-0.1, -0.05) is 5.16 Å².